The molecule has 3 atom stereocenters. The molecule has 0 spiro atoms. The molecule has 1 heterocycles. The highest BCUT2D eigenvalue weighted by Gasteiger charge is 2.33. The monoisotopic (exact) mass is 441 g/mol. The third-order valence-corrected chi connectivity index (χ3v) is 5.51. The van der Waals surface area contributed by atoms with Gasteiger partial charge < -0.3 is 25.2 Å². The summed E-state index contributed by atoms with van der Waals surface area (Å²) in [6.45, 7) is 0.204. The van der Waals surface area contributed by atoms with Gasteiger partial charge in [0.1, 0.15) is 22.6 Å². The number of carbonyl (C=O) groups excluding carboxylic acids is 1. The highest BCUT2D eigenvalue weighted by molar-refractivity contribution is 8.26. The maximum atomic E-state index is 12.4. The summed E-state index contributed by atoms with van der Waals surface area (Å²) in [5.41, 5.74) is 0.904. The van der Waals surface area contributed by atoms with Gasteiger partial charge in [0.15, 0.2) is 0 Å². The maximum Gasteiger partial charge on any atom is 0.303 e. The minimum absolute atomic E-state index is 0.0907. The van der Waals surface area contributed by atoms with Crippen molar-refractivity contribution in [2.24, 2.45) is 0 Å². The molecule has 1 aromatic rings. The van der Waals surface area contributed by atoms with Crippen LogP contribution in [0.2, 0.25) is 0 Å². The molecule has 1 aliphatic rings. The fourth-order valence-corrected chi connectivity index (χ4v) is 3.87. The lowest BCUT2D eigenvalue weighted by Crippen LogP contribution is -2.39. The topological polar surface area (TPSA) is 128 Å². The molecular weight excluding hydrogens is 418 g/mol. The van der Waals surface area contributed by atoms with Gasteiger partial charge in [-0.3, -0.25) is 14.5 Å². The molecule has 4 N–H and O–H groups in total. The van der Waals surface area contributed by atoms with Crippen LogP contribution >= 0.6 is 24.0 Å². The van der Waals surface area contributed by atoms with Gasteiger partial charge in [0, 0.05) is 13.0 Å². The lowest BCUT2D eigenvalue weighted by Gasteiger charge is -2.21. The smallest absolute Gasteiger partial charge is 0.303 e. The normalized spacial score (nSPS) is 18.9. The molecule has 1 saturated heterocycles. The number of thioether (sulfide) groups is 1. The fourth-order valence-electron chi connectivity index (χ4n) is 2.55. The second kappa shape index (κ2) is 11.4. The fraction of sp³-hybridized carbons (Fsp3) is 0.421. The summed E-state index contributed by atoms with van der Waals surface area (Å²) in [5, 5.41) is 39.0. The van der Waals surface area contributed by atoms with Crippen LogP contribution in [0.25, 0.3) is 0 Å². The lowest BCUT2D eigenvalue weighted by molar-refractivity contribution is -0.137. The van der Waals surface area contributed by atoms with Crippen molar-refractivity contribution in [3.05, 3.63) is 46.9 Å². The van der Waals surface area contributed by atoms with E-state index in [9.17, 15) is 24.9 Å². The SMILES string of the molecule is O=C(O)CCCN1C(=O)/C(=C/C(O)C(O)C(O)COCc2ccccc2)SC1=S. The van der Waals surface area contributed by atoms with Gasteiger partial charge in [0.2, 0.25) is 0 Å². The Morgan fingerprint density at radius 1 is 1.24 bits per heavy atom. The summed E-state index contributed by atoms with van der Waals surface area (Å²) in [6.07, 6.45) is -3.11. The van der Waals surface area contributed by atoms with E-state index in [1.807, 2.05) is 30.3 Å². The van der Waals surface area contributed by atoms with Crippen LogP contribution in [-0.4, -0.2) is 73.0 Å². The Kier molecular flexibility index (Phi) is 9.21. The largest absolute Gasteiger partial charge is 0.481 e. The zero-order valence-electron chi connectivity index (χ0n) is 15.5. The number of amides is 1. The van der Waals surface area contributed by atoms with Crippen LogP contribution in [0.4, 0.5) is 0 Å². The minimum Gasteiger partial charge on any atom is -0.481 e. The van der Waals surface area contributed by atoms with E-state index in [1.54, 1.807) is 0 Å². The van der Waals surface area contributed by atoms with Crippen LogP contribution in [0.15, 0.2) is 41.3 Å². The van der Waals surface area contributed by atoms with Crippen LogP contribution in [0, 0.1) is 0 Å². The lowest BCUT2D eigenvalue weighted by atomic mass is 10.1. The molecule has 0 saturated carbocycles. The number of aliphatic hydroxyl groups is 3. The van der Waals surface area contributed by atoms with Gasteiger partial charge in [-0.2, -0.15) is 0 Å². The van der Waals surface area contributed by atoms with Crippen LogP contribution in [-0.2, 0) is 20.9 Å². The number of aliphatic carboxylic acids is 1. The summed E-state index contributed by atoms with van der Waals surface area (Å²) in [7, 11) is 0. The van der Waals surface area contributed by atoms with E-state index < -0.39 is 30.2 Å². The van der Waals surface area contributed by atoms with Gasteiger partial charge in [0.25, 0.3) is 5.91 Å². The molecule has 29 heavy (non-hydrogen) atoms. The van der Waals surface area contributed by atoms with Gasteiger partial charge in [-0.05, 0) is 18.1 Å². The molecule has 0 bridgehead atoms. The van der Waals surface area contributed by atoms with Crippen molar-refractivity contribution in [1.82, 2.24) is 4.90 Å². The minimum atomic E-state index is -1.55. The molecule has 8 nitrogen and oxygen atoms in total. The van der Waals surface area contributed by atoms with Gasteiger partial charge in [-0.15, -0.1) is 0 Å². The van der Waals surface area contributed by atoms with Crippen LogP contribution < -0.4 is 0 Å². The van der Waals surface area contributed by atoms with E-state index in [1.165, 1.54) is 4.90 Å². The summed E-state index contributed by atoms with van der Waals surface area (Å²) < 4.78 is 5.60. The first-order valence-electron chi connectivity index (χ1n) is 8.92. The summed E-state index contributed by atoms with van der Waals surface area (Å²) in [5.74, 6) is -1.43. The van der Waals surface area contributed by atoms with E-state index >= 15 is 0 Å². The average Bonchev–Trinajstić information content (AvgIpc) is 2.95. The number of carboxylic acid groups (broad SMARTS) is 1. The molecule has 1 amide bonds. The number of carbonyl (C=O) groups is 2. The number of rotatable bonds is 11. The molecule has 3 unspecified atom stereocenters. The molecule has 1 aromatic carbocycles. The van der Waals surface area contributed by atoms with Crippen LogP contribution in [0.5, 0.6) is 0 Å². The predicted molar refractivity (Wildman–Crippen MR) is 111 cm³/mol. The predicted octanol–water partition coefficient (Wildman–Crippen LogP) is 0.895. The van der Waals surface area contributed by atoms with Crippen LogP contribution in [0.3, 0.4) is 0 Å². The van der Waals surface area contributed by atoms with E-state index in [4.69, 9.17) is 22.1 Å². The summed E-state index contributed by atoms with van der Waals surface area (Å²) >= 11 is 6.06. The number of aliphatic hydroxyl groups excluding tert-OH is 3. The van der Waals surface area contributed by atoms with Crippen molar-refractivity contribution in [2.75, 3.05) is 13.2 Å². The first kappa shape index (κ1) is 23.5. The number of benzene rings is 1. The number of thiocarbonyl (C=S) groups is 1. The van der Waals surface area contributed by atoms with E-state index in [-0.39, 0.29) is 41.8 Å². The van der Waals surface area contributed by atoms with Gasteiger partial charge in [0.05, 0.1) is 18.1 Å². The molecular formula is C19H23NO7S2. The Labute approximate surface area is 177 Å². The van der Waals surface area contributed by atoms with E-state index in [0.29, 0.717) is 0 Å². The molecule has 158 valence electrons. The Morgan fingerprint density at radius 3 is 2.59 bits per heavy atom. The quantitative estimate of drug-likeness (QED) is 0.292. The summed E-state index contributed by atoms with van der Waals surface area (Å²) in [4.78, 5) is 24.3. The molecule has 1 fully saturated rings. The number of nitrogens with zero attached hydrogens (tertiary/aromatic N) is 1. The zero-order valence-corrected chi connectivity index (χ0v) is 17.1. The zero-order chi connectivity index (χ0) is 21.4. The second-order valence-corrected chi connectivity index (χ2v) is 8.08. The third-order valence-electron chi connectivity index (χ3n) is 4.11. The highest BCUT2D eigenvalue weighted by atomic mass is 32.2. The number of hydrogen-bond acceptors (Lipinski definition) is 8. The number of hydrogen-bond donors (Lipinski definition) is 4. The molecule has 10 heteroatoms. The standard InChI is InChI=1S/C19H23NO7S2/c21-13(17(25)14(22)11-27-10-12-5-2-1-3-6-12)9-15-18(26)20(19(28)29-15)8-4-7-16(23)24/h1-3,5-6,9,13-14,17,21-22,25H,4,7-8,10-11H2,(H,23,24)/b15-9-. The highest BCUT2D eigenvalue weighted by Crippen LogP contribution is 2.31. The van der Waals surface area contributed by atoms with Crippen molar-refractivity contribution in [1.29, 1.82) is 0 Å². The molecule has 2 rings (SSSR count). The van der Waals surface area contributed by atoms with Gasteiger partial charge in [-0.25, -0.2) is 0 Å². The Bertz CT molecular complexity index is 756. The van der Waals surface area contributed by atoms with Gasteiger partial charge in [-0.1, -0.05) is 54.3 Å². The second-order valence-electron chi connectivity index (χ2n) is 6.40. The van der Waals surface area contributed by atoms with E-state index in [0.717, 1.165) is 23.4 Å². The molecule has 0 aromatic heterocycles. The van der Waals surface area contributed by atoms with Crippen molar-refractivity contribution in [3.8, 4) is 0 Å². The molecule has 0 aliphatic carbocycles. The van der Waals surface area contributed by atoms with Crippen molar-refractivity contribution < 1.29 is 34.8 Å². The van der Waals surface area contributed by atoms with Crippen LogP contribution in [0.1, 0.15) is 18.4 Å². The Morgan fingerprint density at radius 2 is 1.93 bits per heavy atom. The molecule has 1 aliphatic heterocycles. The molecule has 0 radical (unpaired) electrons. The van der Waals surface area contributed by atoms with Crippen molar-refractivity contribution in [3.63, 3.8) is 0 Å². The first-order valence-corrected chi connectivity index (χ1v) is 10.1. The number of ether oxygens (including phenoxy) is 1. The Balaban J connectivity index is 1.85. The number of carboxylic acids is 1. The van der Waals surface area contributed by atoms with Gasteiger partial charge >= 0.3 is 5.97 Å². The maximum absolute atomic E-state index is 12.4. The van der Waals surface area contributed by atoms with Crippen molar-refractivity contribution in [2.45, 2.75) is 37.8 Å². The summed E-state index contributed by atoms with van der Waals surface area (Å²) in [6, 6.07) is 9.29. The average molecular weight is 442 g/mol. The first-order chi connectivity index (χ1) is 13.8. The van der Waals surface area contributed by atoms with E-state index in [2.05, 4.69) is 0 Å². The Hall–Kier alpha value is -1.82. The third kappa shape index (κ3) is 7.18. The van der Waals surface area contributed by atoms with Crippen molar-refractivity contribution >= 4 is 40.2 Å².